The van der Waals surface area contributed by atoms with Crippen LogP contribution in [0.5, 0.6) is 0 Å². The number of nitrogens with one attached hydrogen (secondary N) is 2. The Bertz CT molecular complexity index is 1310. The summed E-state index contributed by atoms with van der Waals surface area (Å²) in [6, 6.07) is 10.9. The van der Waals surface area contributed by atoms with E-state index in [2.05, 4.69) is 16.5 Å². The summed E-state index contributed by atoms with van der Waals surface area (Å²) in [5, 5.41) is 1.72. The van der Waals surface area contributed by atoms with Crippen molar-refractivity contribution in [3.8, 4) is 0 Å². The molecule has 0 aliphatic heterocycles. The van der Waals surface area contributed by atoms with Gasteiger partial charge in [-0.2, -0.15) is 0 Å². The van der Waals surface area contributed by atoms with Crippen molar-refractivity contribution >= 4 is 44.9 Å². The summed E-state index contributed by atoms with van der Waals surface area (Å²) in [6.45, 7) is 5.63. The van der Waals surface area contributed by atoms with Crippen LogP contribution in [0.25, 0.3) is 44.9 Å². The second-order valence-corrected chi connectivity index (χ2v) is 5.93. The van der Waals surface area contributed by atoms with Crippen molar-refractivity contribution in [2.75, 3.05) is 0 Å². The number of benzene rings is 2. The predicted molar refractivity (Wildman–Crippen MR) is 105 cm³/mol. The summed E-state index contributed by atoms with van der Waals surface area (Å²) in [7, 11) is 0. The normalized spacial score (nSPS) is 11.7. The fraction of sp³-hybridized carbons (Fsp3) is 0.0476. The summed E-state index contributed by atoms with van der Waals surface area (Å²) in [5.74, 6) is 0. The third kappa shape index (κ3) is 2.22. The molecular weight excluding hydrogens is 312 g/mol. The molecule has 25 heavy (non-hydrogen) atoms. The zero-order valence-corrected chi connectivity index (χ0v) is 13.7. The van der Waals surface area contributed by atoms with E-state index < -0.39 is 0 Å². The molecule has 0 bridgehead atoms. The molecule has 4 heteroatoms. The van der Waals surface area contributed by atoms with E-state index in [1.54, 1.807) is 30.4 Å². The van der Waals surface area contributed by atoms with Gasteiger partial charge in [0.25, 0.3) is 0 Å². The molecule has 4 aromatic rings. The summed E-state index contributed by atoms with van der Waals surface area (Å²) in [6.07, 6.45) is 5.20. The fourth-order valence-electron chi connectivity index (χ4n) is 3.24. The van der Waals surface area contributed by atoms with E-state index in [1.807, 2.05) is 31.2 Å². The van der Waals surface area contributed by atoms with E-state index in [-0.39, 0.29) is 10.9 Å². The fourth-order valence-corrected chi connectivity index (χ4v) is 3.24. The first kappa shape index (κ1) is 15.1. The molecule has 2 heterocycles. The number of fused-ring (bicyclic) bond motifs is 3. The number of aromatic amines is 2. The molecule has 0 unspecified atom stereocenters. The highest BCUT2D eigenvalue weighted by molar-refractivity contribution is 6.00. The molecule has 0 fully saturated rings. The van der Waals surface area contributed by atoms with Crippen LogP contribution in [0.4, 0.5) is 0 Å². The van der Waals surface area contributed by atoms with Crippen molar-refractivity contribution in [1.82, 2.24) is 9.97 Å². The lowest BCUT2D eigenvalue weighted by Gasteiger charge is -2.08. The third-order valence-electron chi connectivity index (χ3n) is 4.43. The first-order valence-electron chi connectivity index (χ1n) is 8.04. The van der Waals surface area contributed by atoms with E-state index in [4.69, 9.17) is 0 Å². The van der Waals surface area contributed by atoms with Crippen LogP contribution < -0.4 is 10.9 Å². The maximum atomic E-state index is 12.9. The summed E-state index contributed by atoms with van der Waals surface area (Å²) < 4.78 is 0. The lowest BCUT2D eigenvalue weighted by atomic mass is 10.0. The minimum Gasteiger partial charge on any atom is -0.354 e. The van der Waals surface area contributed by atoms with Gasteiger partial charge >= 0.3 is 0 Å². The number of pyridine rings is 2. The molecule has 0 aliphatic rings. The van der Waals surface area contributed by atoms with Gasteiger partial charge in [0.2, 0.25) is 0 Å². The Morgan fingerprint density at radius 3 is 2.28 bits per heavy atom. The number of allylic oxidation sites excluding steroid dienone is 1. The minimum absolute atomic E-state index is 0.0511. The van der Waals surface area contributed by atoms with Crippen molar-refractivity contribution in [2.24, 2.45) is 0 Å². The van der Waals surface area contributed by atoms with Crippen LogP contribution in [0.3, 0.4) is 0 Å². The van der Waals surface area contributed by atoms with Gasteiger partial charge in [-0.05, 0) is 37.3 Å². The third-order valence-corrected chi connectivity index (χ3v) is 4.43. The molecule has 0 radical (unpaired) electrons. The highest BCUT2D eigenvalue weighted by atomic mass is 16.1. The van der Waals surface area contributed by atoms with Crippen LogP contribution in [0.1, 0.15) is 18.2 Å². The first-order chi connectivity index (χ1) is 12.1. The SMILES string of the molecule is C=Cc1[nH]c2cc3c(=O)c4ccccc4[nH]c3cc2c(=O)c1/C=C\C. The maximum absolute atomic E-state index is 12.9. The lowest BCUT2D eigenvalue weighted by molar-refractivity contribution is 1.33. The van der Waals surface area contributed by atoms with E-state index in [0.717, 1.165) is 5.52 Å². The van der Waals surface area contributed by atoms with Gasteiger partial charge in [-0.15, -0.1) is 0 Å². The van der Waals surface area contributed by atoms with Crippen LogP contribution in [0.15, 0.2) is 58.6 Å². The Morgan fingerprint density at radius 1 is 0.880 bits per heavy atom. The summed E-state index contributed by atoms with van der Waals surface area (Å²) >= 11 is 0. The number of hydrogen-bond donors (Lipinski definition) is 2. The van der Waals surface area contributed by atoms with E-state index in [1.165, 1.54) is 0 Å². The Hall–Kier alpha value is -3.40. The van der Waals surface area contributed by atoms with Gasteiger partial charge in [-0.3, -0.25) is 9.59 Å². The molecule has 2 aromatic carbocycles. The molecule has 0 saturated carbocycles. The van der Waals surface area contributed by atoms with Gasteiger partial charge in [-0.1, -0.05) is 30.9 Å². The number of para-hydroxylation sites is 1. The quantitative estimate of drug-likeness (QED) is 0.542. The molecule has 0 atom stereocenters. The smallest absolute Gasteiger partial charge is 0.197 e. The molecule has 122 valence electrons. The second kappa shape index (κ2) is 5.60. The van der Waals surface area contributed by atoms with E-state index in [0.29, 0.717) is 38.4 Å². The molecule has 0 amide bonds. The highest BCUT2D eigenvalue weighted by Gasteiger charge is 2.12. The van der Waals surface area contributed by atoms with E-state index in [9.17, 15) is 9.59 Å². The van der Waals surface area contributed by atoms with Gasteiger partial charge in [0.05, 0.1) is 11.0 Å². The van der Waals surface area contributed by atoms with Crippen LogP contribution in [-0.4, -0.2) is 9.97 Å². The predicted octanol–water partition coefficient (Wildman–Crippen LogP) is 4.20. The van der Waals surface area contributed by atoms with Crippen molar-refractivity contribution in [2.45, 2.75) is 6.92 Å². The van der Waals surface area contributed by atoms with Crippen LogP contribution in [0, 0.1) is 0 Å². The maximum Gasteiger partial charge on any atom is 0.197 e. The Morgan fingerprint density at radius 2 is 1.56 bits per heavy atom. The van der Waals surface area contributed by atoms with Crippen LogP contribution in [0.2, 0.25) is 0 Å². The van der Waals surface area contributed by atoms with Gasteiger partial charge in [0, 0.05) is 32.9 Å². The number of rotatable bonds is 2. The lowest BCUT2D eigenvalue weighted by Crippen LogP contribution is -2.11. The van der Waals surface area contributed by atoms with Gasteiger partial charge in [0.15, 0.2) is 10.9 Å². The van der Waals surface area contributed by atoms with E-state index >= 15 is 0 Å². The molecule has 2 aromatic heterocycles. The molecule has 4 rings (SSSR count). The second-order valence-electron chi connectivity index (χ2n) is 5.93. The van der Waals surface area contributed by atoms with Crippen molar-refractivity contribution in [3.05, 3.63) is 80.8 Å². The number of aromatic nitrogens is 2. The molecule has 0 saturated heterocycles. The highest BCUT2D eigenvalue weighted by Crippen LogP contribution is 2.21. The molecule has 0 aliphatic carbocycles. The van der Waals surface area contributed by atoms with Gasteiger partial charge < -0.3 is 9.97 Å². The topological polar surface area (TPSA) is 65.7 Å². The number of H-pyrrole nitrogens is 2. The van der Waals surface area contributed by atoms with Gasteiger partial charge in [0.1, 0.15) is 0 Å². The standard InChI is InChI=1S/C21H16N2O2/c1-3-7-12-16(4-2)22-18-10-15-19(11-14(18)20(12)24)23-17-9-6-5-8-13(17)21(15)25/h3-11H,2H2,1H3,(H,22,24)(H,23,25)/b7-3-. The minimum atomic E-state index is -0.0855. The monoisotopic (exact) mass is 328 g/mol. The first-order valence-corrected chi connectivity index (χ1v) is 8.04. The zero-order valence-electron chi connectivity index (χ0n) is 13.7. The van der Waals surface area contributed by atoms with Gasteiger partial charge in [-0.25, -0.2) is 0 Å². The largest absolute Gasteiger partial charge is 0.354 e. The van der Waals surface area contributed by atoms with Crippen molar-refractivity contribution in [3.63, 3.8) is 0 Å². The zero-order chi connectivity index (χ0) is 17.6. The Kier molecular flexibility index (Phi) is 3.39. The molecule has 0 spiro atoms. The average Bonchev–Trinajstić information content (AvgIpc) is 2.63. The molecular formula is C21H16N2O2. The Balaban J connectivity index is 2.22. The average molecular weight is 328 g/mol. The van der Waals surface area contributed by atoms with Crippen LogP contribution >= 0.6 is 0 Å². The molecule has 4 nitrogen and oxygen atoms in total. The van der Waals surface area contributed by atoms with Crippen molar-refractivity contribution in [1.29, 1.82) is 0 Å². The Labute approximate surface area is 143 Å². The summed E-state index contributed by atoms with van der Waals surface area (Å²) in [5.41, 5.74) is 3.11. The summed E-state index contributed by atoms with van der Waals surface area (Å²) in [4.78, 5) is 32.2. The van der Waals surface area contributed by atoms with Crippen LogP contribution in [-0.2, 0) is 0 Å². The molecule has 2 N–H and O–H groups in total. The number of hydrogen-bond acceptors (Lipinski definition) is 2. The van der Waals surface area contributed by atoms with Crippen molar-refractivity contribution < 1.29 is 0 Å².